The van der Waals surface area contributed by atoms with Gasteiger partial charge in [0.05, 0.1) is 5.69 Å². The van der Waals surface area contributed by atoms with E-state index in [0.29, 0.717) is 45.9 Å². The van der Waals surface area contributed by atoms with Crippen molar-refractivity contribution in [2.24, 2.45) is 0 Å². The van der Waals surface area contributed by atoms with Gasteiger partial charge in [-0.05, 0) is 137 Å². The second kappa shape index (κ2) is 14.7. The van der Waals surface area contributed by atoms with Crippen LogP contribution in [0, 0.1) is 0 Å². The van der Waals surface area contributed by atoms with Crippen molar-refractivity contribution < 1.29 is 0 Å². The molecule has 0 fully saturated rings. The molecule has 3 aromatic heterocycles. The maximum Gasteiger partial charge on any atom is 0.164 e. The Hall–Kier alpha value is -10.2. The molecule has 74 heavy (non-hydrogen) atoms. The highest BCUT2D eigenvalue weighted by atomic mass is 15.1. The number of nitrogens with zero attached hydrogens (tertiary/aromatic N) is 7. The van der Waals surface area contributed by atoms with Crippen molar-refractivity contribution in [2.75, 3.05) is 0 Å². The minimum atomic E-state index is 0.570. The van der Waals surface area contributed by atoms with E-state index in [0.717, 1.165) is 65.6 Å². The maximum atomic E-state index is 5.61. The number of fused-ring (bicyclic) bond motifs is 28. The molecule has 8 nitrogen and oxygen atoms in total. The van der Waals surface area contributed by atoms with E-state index in [4.69, 9.17) is 29.9 Å². The first-order valence-electron chi connectivity index (χ1n) is 24.9. The zero-order valence-corrected chi connectivity index (χ0v) is 39.3. The fourth-order valence-electron chi connectivity index (χ4n) is 11.9. The van der Waals surface area contributed by atoms with Crippen LogP contribution in [0.5, 0.6) is 0 Å². The molecular weight excluding hydrogens is 905 g/mol. The summed E-state index contributed by atoms with van der Waals surface area (Å²) in [5, 5.41) is 20.5. The molecule has 2 aliphatic rings. The van der Waals surface area contributed by atoms with Crippen molar-refractivity contribution in [1.82, 2.24) is 39.5 Å². The second-order valence-electron chi connectivity index (χ2n) is 19.6. The summed E-state index contributed by atoms with van der Waals surface area (Å²) in [5.41, 5.74) is 7.29. The Morgan fingerprint density at radius 1 is 0.243 bits per heavy atom. The summed E-state index contributed by atoms with van der Waals surface area (Å²) in [6, 6.07) is 76.1. The normalized spacial score (nSPS) is 12.3. The summed E-state index contributed by atoms with van der Waals surface area (Å²) in [7, 11) is 0. The van der Waals surface area contributed by atoms with Crippen LogP contribution in [0.4, 0.5) is 0 Å². The quantitative estimate of drug-likeness (QED) is 0.130. The Bertz CT molecular complexity index is 5060. The van der Waals surface area contributed by atoms with Gasteiger partial charge in [0.1, 0.15) is 22.6 Å². The van der Waals surface area contributed by atoms with E-state index in [2.05, 4.69) is 185 Å². The van der Waals surface area contributed by atoms with Crippen LogP contribution in [0.25, 0.3) is 171 Å². The Kier molecular flexibility index (Phi) is 7.85. The number of aromatic nitrogens is 8. The lowest BCUT2D eigenvalue weighted by atomic mass is 9.93. The molecule has 340 valence electrons. The van der Waals surface area contributed by atoms with Crippen molar-refractivity contribution in [3.63, 3.8) is 0 Å². The van der Waals surface area contributed by atoms with E-state index in [1.165, 1.54) is 59.2 Å². The molecule has 0 atom stereocenters. The molecule has 17 rings (SSSR count). The van der Waals surface area contributed by atoms with Gasteiger partial charge in [-0.1, -0.05) is 146 Å². The van der Waals surface area contributed by atoms with Crippen LogP contribution in [0.3, 0.4) is 0 Å². The van der Waals surface area contributed by atoms with Gasteiger partial charge in [0.15, 0.2) is 23.3 Å². The third kappa shape index (κ3) is 5.73. The zero-order chi connectivity index (χ0) is 48.2. The highest BCUT2D eigenvalue weighted by molar-refractivity contribution is 6.19. The van der Waals surface area contributed by atoms with E-state index in [1.54, 1.807) is 0 Å². The maximum absolute atomic E-state index is 5.61. The summed E-state index contributed by atoms with van der Waals surface area (Å²) in [5.74, 6) is 2.28. The van der Waals surface area contributed by atoms with Gasteiger partial charge >= 0.3 is 0 Å². The van der Waals surface area contributed by atoms with Gasteiger partial charge in [0.25, 0.3) is 0 Å². The molecule has 1 N–H and O–H groups in total. The smallest absolute Gasteiger partial charge is 0.164 e. The predicted octanol–water partition coefficient (Wildman–Crippen LogP) is 16.4. The number of H-pyrrole nitrogens is 1. The summed E-state index contributed by atoms with van der Waals surface area (Å²) in [6.07, 6.45) is 0. The third-order valence-corrected chi connectivity index (χ3v) is 15.4. The molecule has 0 radical (unpaired) electrons. The molecule has 8 heteroatoms. The molecule has 0 aliphatic carbocycles. The SMILES string of the molecule is c1ccc2c(c1)-c1nc-2nc2c3ccccc3c(nc3nc(nc4[nH]c(n1)c1ccccc41)-c1ccccc1-3)n2-c1cccc2cc3cc4ccc5cc6cc7cc8ccccc8cc7cc6cc5c4cc3cc12. The second-order valence-corrected chi connectivity index (χ2v) is 19.6. The van der Waals surface area contributed by atoms with E-state index < -0.39 is 0 Å². The average molecular weight is 941 g/mol. The van der Waals surface area contributed by atoms with Crippen LogP contribution >= 0.6 is 0 Å². The van der Waals surface area contributed by atoms with Crippen molar-refractivity contribution in [3.05, 3.63) is 212 Å². The summed E-state index contributed by atoms with van der Waals surface area (Å²) in [4.78, 5) is 35.8. The molecule has 12 aromatic carbocycles. The Morgan fingerprint density at radius 3 is 1.09 bits per heavy atom. The number of rotatable bonds is 1. The first-order valence-corrected chi connectivity index (χ1v) is 24.9. The molecule has 8 bridgehead atoms. The Morgan fingerprint density at radius 2 is 0.595 bits per heavy atom. The first kappa shape index (κ1) is 39.5. The first-order chi connectivity index (χ1) is 36.6. The predicted molar refractivity (Wildman–Crippen MR) is 304 cm³/mol. The lowest BCUT2D eigenvalue weighted by Gasteiger charge is -2.13. The number of nitrogens with one attached hydrogen (secondary N) is 1. The highest BCUT2D eigenvalue weighted by Crippen LogP contribution is 2.41. The number of aromatic amines is 1. The third-order valence-electron chi connectivity index (χ3n) is 15.4. The topological polar surface area (TPSA) is 98.1 Å². The molecule has 5 heterocycles. The number of hydrogen-bond donors (Lipinski definition) is 1. The van der Waals surface area contributed by atoms with Gasteiger partial charge < -0.3 is 4.98 Å². The largest absolute Gasteiger partial charge is 0.324 e. The molecular formula is C66H36N8. The van der Waals surface area contributed by atoms with E-state index in [1.807, 2.05) is 36.4 Å². The molecule has 0 unspecified atom stereocenters. The molecule has 0 amide bonds. The summed E-state index contributed by atoms with van der Waals surface area (Å²) in [6.45, 7) is 0. The van der Waals surface area contributed by atoms with Crippen molar-refractivity contribution >= 4 is 120 Å². The van der Waals surface area contributed by atoms with Crippen LogP contribution < -0.4 is 0 Å². The zero-order valence-electron chi connectivity index (χ0n) is 39.3. The van der Waals surface area contributed by atoms with Crippen LogP contribution in [0.15, 0.2) is 212 Å². The lowest BCUT2D eigenvalue weighted by Crippen LogP contribution is -1.99. The summed E-state index contributed by atoms with van der Waals surface area (Å²) < 4.78 is 2.21. The molecule has 0 spiro atoms. The minimum Gasteiger partial charge on any atom is -0.324 e. The van der Waals surface area contributed by atoms with Crippen LogP contribution in [-0.4, -0.2) is 39.5 Å². The van der Waals surface area contributed by atoms with Crippen molar-refractivity contribution in [2.45, 2.75) is 0 Å². The fraction of sp³-hybridized carbons (Fsp3) is 0. The molecule has 15 aromatic rings. The van der Waals surface area contributed by atoms with E-state index in [-0.39, 0.29) is 0 Å². The van der Waals surface area contributed by atoms with Gasteiger partial charge in [0.2, 0.25) is 0 Å². The van der Waals surface area contributed by atoms with E-state index >= 15 is 0 Å². The number of benzene rings is 12. The van der Waals surface area contributed by atoms with Gasteiger partial charge in [0, 0.05) is 49.2 Å². The minimum absolute atomic E-state index is 0.570. The average Bonchev–Trinajstić information content (AvgIpc) is 4.18. The molecule has 0 saturated carbocycles. The van der Waals surface area contributed by atoms with Crippen LogP contribution in [-0.2, 0) is 0 Å². The summed E-state index contributed by atoms with van der Waals surface area (Å²) >= 11 is 0. The van der Waals surface area contributed by atoms with Gasteiger partial charge in [-0.2, -0.15) is 0 Å². The number of hydrogen-bond acceptors (Lipinski definition) is 6. The Balaban J connectivity index is 0.967. The van der Waals surface area contributed by atoms with Crippen molar-refractivity contribution in [3.8, 4) is 51.2 Å². The Labute approximate surface area is 420 Å². The van der Waals surface area contributed by atoms with E-state index in [9.17, 15) is 0 Å². The molecule has 0 saturated heterocycles. The fourth-order valence-corrected chi connectivity index (χ4v) is 11.9. The van der Waals surface area contributed by atoms with Gasteiger partial charge in [-0.25, -0.2) is 29.9 Å². The van der Waals surface area contributed by atoms with Gasteiger partial charge in [-0.15, -0.1) is 0 Å². The van der Waals surface area contributed by atoms with Crippen molar-refractivity contribution in [1.29, 1.82) is 0 Å². The lowest BCUT2D eigenvalue weighted by molar-refractivity contribution is 1.10. The van der Waals surface area contributed by atoms with Gasteiger partial charge in [-0.3, -0.25) is 4.57 Å². The molecule has 2 aliphatic heterocycles. The highest BCUT2D eigenvalue weighted by Gasteiger charge is 2.24. The standard InChI is InChI=1S/C66H36N8/c1-2-13-37-27-42-32-45-33-55-40(30-44(45)31-41(42)26-36(37)12-1)25-24-39-29-43-28-38-14-11-23-58(57(38)35-46(43)34-56(39)55)74-65-53-21-9-10-22-54(53)66(74)73-64-52-20-8-6-18-50(52)62(71-64)69-60-48-16-4-3-15-47(48)59(67-60)68-61-49-17-5-7-19-51(49)63(70-61)72-65/h1-35H,(H,67,68,69,70,71,72,73). The monoisotopic (exact) mass is 940 g/mol. The van der Waals surface area contributed by atoms with Crippen LogP contribution in [0.1, 0.15) is 0 Å². The van der Waals surface area contributed by atoms with Crippen LogP contribution in [0.2, 0.25) is 0 Å².